The molecule has 0 bridgehead atoms. The van der Waals surface area contributed by atoms with Crippen LogP contribution in [0.5, 0.6) is 0 Å². The predicted octanol–water partition coefficient (Wildman–Crippen LogP) is 3.16. The molecule has 5 heteroatoms. The summed E-state index contributed by atoms with van der Waals surface area (Å²) in [6, 6.07) is 1.54. The lowest BCUT2D eigenvalue weighted by Crippen LogP contribution is -2.00. The lowest BCUT2D eigenvalue weighted by atomic mass is 10.1. The molecule has 0 atom stereocenters. The third kappa shape index (κ3) is 2.32. The molecule has 0 spiro atoms. The normalized spacial score (nSPS) is 10.6. The van der Waals surface area contributed by atoms with Crippen molar-refractivity contribution in [3.63, 3.8) is 0 Å². The molecule has 1 N–H and O–H groups in total. The van der Waals surface area contributed by atoms with Crippen LogP contribution in [-0.4, -0.2) is 11.7 Å². The second-order valence-corrected chi connectivity index (χ2v) is 4.10. The van der Waals surface area contributed by atoms with E-state index >= 15 is 0 Å². The molecule has 1 rings (SSSR count). The Hall–Kier alpha value is -0.000000000000000111. The summed E-state index contributed by atoms with van der Waals surface area (Å²) < 4.78 is 26.5. The summed E-state index contributed by atoms with van der Waals surface area (Å²) >= 11 is 6.02. The molecule has 0 fully saturated rings. The van der Waals surface area contributed by atoms with Gasteiger partial charge in [0.1, 0.15) is 0 Å². The van der Waals surface area contributed by atoms with E-state index in [9.17, 15) is 8.78 Å². The van der Waals surface area contributed by atoms with Crippen LogP contribution in [0.3, 0.4) is 0 Å². The topological polar surface area (TPSA) is 20.2 Å². The molecule has 0 heterocycles. The number of hydrogen-bond acceptors (Lipinski definition) is 1. The second kappa shape index (κ2) is 5.19. The number of aliphatic hydroxyl groups excluding tert-OH is 1. The van der Waals surface area contributed by atoms with Crippen LogP contribution < -0.4 is 0 Å². The first kappa shape index (κ1) is 12.1. The predicted molar refractivity (Wildman–Crippen MR) is 57.5 cm³/mol. The number of rotatable bonds is 3. The summed E-state index contributed by atoms with van der Waals surface area (Å²) in [5.41, 5.74) is 0.829. The Morgan fingerprint density at radius 1 is 1.21 bits per heavy atom. The third-order valence-corrected chi connectivity index (χ3v) is 3.28. The van der Waals surface area contributed by atoms with Crippen molar-refractivity contribution in [1.82, 2.24) is 0 Å². The van der Waals surface area contributed by atoms with Crippen LogP contribution in [0, 0.1) is 11.6 Å². The maximum Gasteiger partial charge on any atom is 0.173 e. The van der Waals surface area contributed by atoms with Crippen LogP contribution in [0.1, 0.15) is 11.1 Å². The summed E-state index contributed by atoms with van der Waals surface area (Å²) in [5.74, 6) is -1.75. The second-order valence-electron chi connectivity index (χ2n) is 2.74. The lowest BCUT2D eigenvalue weighted by molar-refractivity contribution is 0.299. The smallest absolute Gasteiger partial charge is 0.173 e. The Morgan fingerprint density at radius 3 is 2.36 bits per heavy atom. The number of halogens is 4. The molecule has 14 heavy (non-hydrogen) atoms. The van der Waals surface area contributed by atoms with Crippen LogP contribution in [0.15, 0.2) is 10.5 Å². The Labute approximate surface area is 97.4 Å². The lowest BCUT2D eigenvalue weighted by Gasteiger charge is -2.08. The summed E-state index contributed by atoms with van der Waals surface area (Å²) in [4.78, 5) is 0. The van der Waals surface area contributed by atoms with Gasteiger partial charge in [-0.3, -0.25) is 0 Å². The van der Waals surface area contributed by atoms with E-state index in [4.69, 9.17) is 5.11 Å². The van der Waals surface area contributed by atoms with Gasteiger partial charge in [-0.2, -0.15) is 0 Å². The van der Waals surface area contributed by atoms with Crippen molar-refractivity contribution in [1.29, 1.82) is 0 Å². The van der Waals surface area contributed by atoms with Crippen molar-refractivity contribution in [2.24, 2.45) is 0 Å². The van der Waals surface area contributed by atoms with Crippen LogP contribution in [0.2, 0.25) is 0 Å². The zero-order valence-electron chi connectivity index (χ0n) is 7.16. The van der Waals surface area contributed by atoms with Gasteiger partial charge in [0, 0.05) is 17.5 Å². The molecule has 0 aliphatic carbocycles. The minimum Gasteiger partial charge on any atom is -0.396 e. The Bertz CT molecular complexity index is 342. The van der Waals surface area contributed by atoms with Crippen molar-refractivity contribution < 1.29 is 13.9 Å². The van der Waals surface area contributed by atoms with E-state index in [-0.39, 0.29) is 22.0 Å². The molecule has 0 aromatic heterocycles. The molecule has 0 radical (unpaired) electrons. The monoisotopic (exact) mass is 328 g/mol. The summed E-state index contributed by atoms with van der Waals surface area (Å²) in [7, 11) is 0. The maximum absolute atomic E-state index is 13.2. The maximum atomic E-state index is 13.2. The average Bonchev–Trinajstić information content (AvgIpc) is 2.19. The van der Waals surface area contributed by atoms with Crippen molar-refractivity contribution in [2.45, 2.75) is 11.8 Å². The highest BCUT2D eigenvalue weighted by Gasteiger charge is 2.15. The zero-order chi connectivity index (χ0) is 10.7. The van der Waals surface area contributed by atoms with Crippen LogP contribution in [-0.2, 0) is 11.8 Å². The summed E-state index contributed by atoms with van der Waals surface area (Å²) in [6.45, 7) is -0.0919. The van der Waals surface area contributed by atoms with Crippen molar-refractivity contribution in [3.05, 3.63) is 33.3 Å². The van der Waals surface area contributed by atoms with Crippen molar-refractivity contribution in [2.75, 3.05) is 6.61 Å². The van der Waals surface area contributed by atoms with Gasteiger partial charge in [-0.05, 0) is 27.9 Å². The Morgan fingerprint density at radius 2 is 1.86 bits per heavy atom. The Kier molecular flexibility index (Phi) is 4.47. The van der Waals surface area contributed by atoms with E-state index in [0.717, 1.165) is 0 Å². The molecule has 0 saturated carbocycles. The fourth-order valence-electron chi connectivity index (χ4n) is 1.11. The molecular formula is C9H8Br2F2O. The molecule has 0 amide bonds. The number of hydrogen-bond donors (Lipinski definition) is 1. The molecule has 1 aromatic rings. The van der Waals surface area contributed by atoms with Crippen molar-refractivity contribution >= 4 is 31.9 Å². The van der Waals surface area contributed by atoms with Gasteiger partial charge in [0.15, 0.2) is 11.6 Å². The quantitative estimate of drug-likeness (QED) is 0.667. The first-order valence-electron chi connectivity index (χ1n) is 3.93. The number of alkyl halides is 1. The molecule has 0 unspecified atom stereocenters. The van der Waals surface area contributed by atoms with Crippen LogP contribution in [0.4, 0.5) is 8.78 Å². The molecular weight excluding hydrogens is 322 g/mol. The SMILES string of the molecule is OCCc1cc(CBr)c(F)c(F)c1Br. The molecule has 0 aliphatic rings. The van der Waals surface area contributed by atoms with E-state index < -0.39 is 11.6 Å². The van der Waals surface area contributed by atoms with E-state index in [1.54, 1.807) is 0 Å². The first-order valence-corrected chi connectivity index (χ1v) is 5.85. The highest BCUT2D eigenvalue weighted by Crippen LogP contribution is 2.27. The average molecular weight is 330 g/mol. The van der Waals surface area contributed by atoms with Gasteiger partial charge >= 0.3 is 0 Å². The van der Waals surface area contributed by atoms with Gasteiger partial charge in [0.05, 0.1) is 4.47 Å². The fourth-order valence-corrected chi connectivity index (χ4v) is 2.01. The third-order valence-electron chi connectivity index (χ3n) is 1.82. The largest absolute Gasteiger partial charge is 0.396 e. The molecule has 78 valence electrons. The zero-order valence-corrected chi connectivity index (χ0v) is 10.3. The van der Waals surface area contributed by atoms with Gasteiger partial charge < -0.3 is 5.11 Å². The summed E-state index contributed by atoms with van der Waals surface area (Å²) in [5, 5.41) is 8.97. The minimum atomic E-state index is -0.898. The number of aliphatic hydroxyl groups is 1. The molecule has 0 saturated heterocycles. The standard InChI is InChI=1S/C9H8Br2F2O/c10-4-6-3-5(1-2-14)7(11)9(13)8(6)12/h3,14H,1-2,4H2. The van der Waals surface area contributed by atoms with Gasteiger partial charge in [0.25, 0.3) is 0 Å². The highest BCUT2D eigenvalue weighted by molar-refractivity contribution is 9.10. The molecule has 1 aromatic carbocycles. The molecule has 1 nitrogen and oxygen atoms in total. The van der Waals surface area contributed by atoms with Crippen LogP contribution >= 0.6 is 31.9 Å². The summed E-state index contributed by atoms with van der Waals surface area (Å²) in [6.07, 6.45) is 0.303. The van der Waals surface area contributed by atoms with Gasteiger partial charge in [0.2, 0.25) is 0 Å². The van der Waals surface area contributed by atoms with Crippen molar-refractivity contribution in [3.8, 4) is 0 Å². The van der Waals surface area contributed by atoms with Gasteiger partial charge in [-0.15, -0.1) is 0 Å². The van der Waals surface area contributed by atoms with Gasteiger partial charge in [-0.1, -0.05) is 22.0 Å². The molecule has 0 aliphatic heterocycles. The van der Waals surface area contributed by atoms with E-state index in [1.807, 2.05) is 0 Å². The van der Waals surface area contributed by atoms with E-state index in [2.05, 4.69) is 31.9 Å². The van der Waals surface area contributed by atoms with Crippen LogP contribution in [0.25, 0.3) is 0 Å². The Balaban J connectivity index is 3.25. The van der Waals surface area contributed by atoms with E-state index in [1.165, 1.54) is 6.07 Å². The highest BCUT2D eigenvalue weighted by atomic mass is 79.9. The fraction of sp³-hybridized carbons (Fsp3) is 0.333. The van der Waals surface area contributed by atoms with E-state index in [0.29, 0.717) is 12.0 Å². The first-order chi connectivity index (χ1) is 6.61. The van der Waals surface area contributed by atoms with Gasteiger partial charge in [-0.25, -0.2) is 8.78 Å². The minimum absolute atomic E-state index is 0.0914. The number of benzene rings is 1.